The highest BCUT2D eigenvalue weighted by Crippen LogP contribution is 2.36. The van der Waals surface area contributed by atoms with Crippen LogP contribution in [0.5, 0.6) is 5.75 Å². The molecule has 2 nitrogen and oxygen atoms in total. The molecule has 0 spiro atoms. The number of allylic oxidation sites excluding steroid dienone is 4. The zero-order chi connectivity index (χ0) is 20.3. The van der Waals surface area contributed by atoms with Crippen molar-refractivity contribution < 1.29 is 10.2 Å². The molecule has 2 N–H and O–H groups in total. The van der Waals surface area contributed by atoms with Crippen LogP contribution >= 0.6 is 0 Å². The van der Waals surface area contributed by atoms with E-state index in [0.717, 1.165) is 34.3 Å². The average Bonchev–Trinajstić information content (AvgIpc) is 2.45. The Morgan fingerprint density at radius 3 is 2.15 bits per heavy atom. The summed E-state index contributed by atoms with van der Waals surface area (Å²) in [6, 6.07) is 4.01. The smallest absolute Gasteiger partial charge is 0.122 e. The SMILES string of the molecule is C=C(O)/C(=C\C(C)=C/CC(C)(C)C)Cc1cc(C)cc(C(C)(C)C)c1O. The zero-order valence-corrected chi connectivity index (χ0v) is 17.8. The molecule has 0 bridgehead atoms. The van der Waals surface area contributed by atoms with Crippen LogP contribution in [0.2, 0.25) is 0 Å². The van der Waals surface area contributed by atoms with Crippen LogP contribution in [0.3, 0.4) is 0 Å². The van der Waals surface area contributed by atoms with Gasteiger partial charge < -0.3 is 10.2 Å². The van der Waals surface area contributed by atoms with Crippen LogP contribution in [-0.2, 0) is 11.8 Å². The van der Waals surface area contributed by atoms with Gasteiger partial charge in [0.05, 0.1) is 0 Å². The quantitative estimate of drug-likeness (QED) is 0.444. The van der Waals surface area contributed by atoms with E-state index in [1.807, 2.05) is 32.1 Å². The number of phenolic OH excluding ortho intramolecular Hbond substituents is 1. The number of rotatable bonds is 5. The monoisotopic (exact) mass is 356 g/mol. The first-order chi connectivity index (χ1) is 11.7. The van der Waals surface area contributed by atoms with Crippen LogP contribution in [0.1, 0.15) is 71.6 Å². The van der Waals surface area contributed by atoms with Gasteiger partial charge in [0.15, 0.2) is 0 Å². The minimum Gasteiger partial charge on any atom is -0.508 e. The predicted molar refractivity (Wildman–Crippen MR) is 113 cm³/mol. The molecule has 0 saturated carbocycles. The Hall–Kier alpha value is -1.96. The maximum absolute atomic E-state index is 10.8. The van der Waals surface area contributed by atoms with E-state index in [1.165, 1.54) is 0 Å². The van der Waals surface area contributed by atoms with E-state index in [1.54, 1.807) is 0 Å². The molecular formula is C24H36O2. The van der Waals surface area contributed by atoms with Gasteiger partial charge >= 0.3 is 0 Å². The van der Waals surface area contributed by atoms with Gasteiger partial charge in [0.25, 0.3) is 0 Å². The molecule has 0 atom stereocenters. The molecule has 0 radical (unpaired) electrons. The van der Waals surface area contributed by atoms with Crippen molar-refractivity contribution >= 4 is 0 Å². The van der Waals surface area contributed by atoms with Crippen molar-refractivity contribution in [3.8, 4) is 5.75 Å². The largest absolute Gasteiger partial charge is 0.508 e. The molecule has 0 aromatic heterocycles. The fourth-order valence-corrected chi connectivity index (χ4v) is 2.80. The summed E-state index contributed by atoms with van der Waals surface area (Å²) in [6.07, 6.45) is 5.56. The van der Waals surface area contributed by atoms with Gasteiger partial charge in [-0.15, -0.1) is 0 Å². The number of aliphatic hydroxyl groups excluding tert-OH is 1. The highest BCUT2D eigenvalue weighted by Gasteiger charge is 2.21. The summed E-state index contributed by atoms with van der Waals surface area (Å²) in [5.41, 5.74) is 4.75. The van der Waals surface area contributed by atoms with Crippen molar-refractivity contribution in [2.45, 2.75) is 73.6 Å². The fourth-order valence-electron chi connectivity index (χ4n) is 2.80. The number of benzene rings is 1. The van der Waals surface area contributed by atoms with Crippen molar-refractivity contribution in [3.05, 3.63) is 64.5 Å². The van der Waals surface area contributed by atoms with Gasteiger partial charge in [-0.3, -0.25) is 0 Å². The van der Waals surface area contributed by atoms with Crippen LogP contribution in [0.25, 0.3) is 0 Å². The molecule has 144 valence electrons. The summed E-state index contributed by atoms with van der Waals surface area (Å²) in [5.74, 6) is 0.360. The first-order valence-corrected chi connectivity index (χ1v) is 9.29. The third-order valence-electron chi connectivity index (χ3n) is 4.33. The Morgan fingerprint density at radius 1 is 1.12 bits per heavy atom. The molecule has 0 aliphatic carbocycles. The number of aryl methyl sites for hydroxylation is 1. The molecule has 0 saturated heterocycles. The Balaban J connectivity index is 3.26. The summed E-state index contributed by atoms with van der Waals surface area (Å²) in [4.78, 5) is 0. The zero-order valence-electron chi connectivity index (χ0n) is 17.8. The Bertz CT molecular complexity index is 720. The first-order valence-electron chi connectivity index (χ1n) is 9.29. The molecule has 0 unspecified atom stereocenters. The van der Waals surface area contributed by atoms with Crippen molar-refractivity contribution in [2.24, 2.45) is 5.41 Å². The molecular weight excluding hydrogens is 320 g/mol. The van der Waals surface area contributed by atoms with E-state index in [-0.39, 0.29) is 16.6 Å². The van der Waals surface area contributed by atoms with E-state index in [0.29, 0.717) is 12.2 Å². The van der Waals surface area contributed by atoms with Crippen LogP contribution < -0.4 is 0 Å². The van der Waals surface area contributed by atoms with Gasteiger partial charge in [-0.1, -0.05) is 83.5 Å². The highest BCUT2D eigenvalue weighted by atomic mass is 16.3. The van der Waals surface area contributed by atoms with E-state index in [4.69, 9.17) is 0 Å². The van der Waals surface area contributed by atoms with Gasteiger partial charge in [-0.2, -0.15) is 0 Å². The summed E-state index contributed by atoms with van der Waals surface area (Å²) < 4.78 is 0. The second kappa shape index (κ2) is 8.16. The van der Waals surface area contributed by atoms with Crippen molar-refractivity contribution in [1.82, 2.24) is 0 Å². The molecule has 0 amide bonds. The standard InChI is InChI=1S/C24H36O2/c1-16(10-11-23(4,5)6)12-19(18(3)25)15-20-13-17(2)14-21(22(20)26)24(7,8)9/h10,12-14,25-26H,3,11,15H2,1-2,4-9H3/b16-10-,19-12-. The fraction of sp³-hybridized carbons (Fsp3) is 0.500. The predicted octanol–water partition coefficient (Wildman–Crippen LogP) is 6.92. The number of aromatic hydroxyl groups is 1. The van der Waals surface area contributed by atoms with Crippen molar-refractivity contribution in [2.75, 3.05) is 0 Å². The van der Waals surface area contributed by atoms with Gasteiger partial charge in [0.2, 0.25) is 0 Å². The van der Waals surface area contributed by atoms with E-state index in [9.17, 15) is 10.2 Å². The molecule has 1 aromatic carbocycles. The number of hydrogen-bond donors (Lipinski definition) is 2. The van der Waals surface area contributed by atoms with Crippen LogP contribution in [-0.4, -0.2) is 10.2 Å². The molecule has 0 aliphatic heterocycles. The molecule has 0 heterocycles. The molecule has 1 aromatic rings. The van der Waals surface area contributed by atoms with Crippen molar-refractivity contribution in [3.63, 3.8) is 0 Å². The van der Waals surface area contributed by atoms with Crippen molar-refractivity contribution in [1.29, 1.82) is 0 Å². The number of phenols is 1. The third kappa shape index (κ3) is 6.74. The summed E-state index contributed by atoms with van der Waals surface area (Å²) in [7, 11) is 0. The van der Waals surface area contributed by atoms with Crippen LogP contribution in [0, 0.1) is 12.3 Å². The molecule has 1 rings (SSSR count). The third-order valence-corrected chi connectivity index (χ3v) is 4.33. The van der Waals surface area contributed by atoms with E-state index >= 15 is 0 Å². The maximum Gasteiger partial charge on any atom is 0.122 e. The molecule has 0 aliphatic rings. The minimum absolute atomic E-state index is 0.0479. The minimum atomic E-state index is -0.145. The summed E-state index contributed by atoms with van der Waals surface area (Å²) in [6.45, 7) is 20.6. The normalized spacial score (nSPS) is 13.8. The summed E-state index contributed by atoms with van der Waals surface area (Å²) in [5, 5.41) is 20.8. The number of hydrogen-bond acceptors (Lipinski definition) is 2. The molecule has 26 heavy (non-hydrogen) atoms. The second-order valence-corrected chi connectivity index (χ2v) is 9.58. The van der Waals surface area contributed by atoms with Crippen LogP contribution in [0.15, 0.2) is 47.8 Å². The summed E-state index contributed by atoms with van der Waals surface area (Å²) >= 11 is 0. The lowest BCUT2D eigenvalue weighted by atomic mass is 9.83. The Labute approximate surface area is 160 Å². The van der Waals surface area contributed by atoms with E-state index in [2.05, 4.69) is 54.2 Å². The first kappa shape index (κ1) is 22.1. The molecule has 0 fully saturated rings. The van der Waals surface area contributed by atoms with Gasteiger partial charge in [-0.25, -0.2) is 0 Å². The number of aliphatic hydroxyl groups is 1. The molecule has 2 heteroatoms. The maximum atomic E-state index is 10.8. The lowest BCUT2D eigenvalue weighted by molar-refractivity contribution is 0.419. The second-order valence-electron chi connectivity index (χ2n) is 9.58. The van der Waals surface area contributed by atoms with Gasteiger partial charge in [0.1, 0.15) is 11.5 Å². The van der Waals surface area contributed by atoms with Gasteiger partial charge in [0, 0.05) is 6.42 Å². The Morgan fingerprint density at radius 2 is 1.69 bits per heavy atom. The van der Waals surface area contributed by atoms with Crippen LogP contribution in [0.4, 0.5) is 0 Å². The van der Waals surface area contributed by atoms with E-state index < -0.39 is 0 Å². The lowest BCUT2D eigenvalue weighted by Gasteiger charge is -2.23. The van der Waals surface area contributed by atoms with Gasteiger partial charge in [-0.05, 0) is 47.8 Å². The topological polar surface area (TPSA) is 40.5 Å². The average molecular weight is 357 g/mol. The lowest BCUT2D eigenvalue weighted by Crippen LogP contribution is -2.13. The Kier molecular flexibility index (Phi) is 6.93. The highest BCUT2D eigenvalue weighted by molar-refractivity contribution is 5.49.